The van der Waals surface area contributed by atoms with Crippen LogP contribution in [0.25, 0.3) is 0 Å². The van der Waals surface area contributed by atoms with E-state index in [2.05, 4.69) is 5.32 Å². The van der Waals surface area contributed by atoms with Crippen molar-refractivity contribution in [3.8, 4) is 0 Å². The van der Waals surface area contributed by atoms with Crippen molar-refractivity contribution in [1.29, 1.82) is 0 Å². The van der Waals surface area contributed by atoms with Crippen molar-refractivity contribution in [2.45, 2.75) is 33.2 Å². The molecule has 5 amide bonds. The summed E-state index contributed by atoms with van der Waals surface area (Å²) in [6.07, 6.45) is 0.720. The van der Waals surface area contributed by atoms with E-state index in [0.29, 0.717) is 10.8 Å². The summed E-state index contributed by atoms with van der Waals surface area (Å²) in [5, 5.41) is 2.87. The van der Waals surface area contributed by atoms with Gasteiger partial charge in [0.2, 0.25) is 5.91 Å². The molecular formula is C18H23N3O4. The van der Waals surface area contributed by atoms with Crippen LogP contribution in [0, 0.1) is 5.92 Å². The molecule has 7 nitrogen and oxygen atoms in total. The number of benzene rings is 1. The molecule has 0 aromatic heterocycles. The van der Waals surface area contributed by atoms with Crippen LogP contribution in [0.5, 0.6) is 0 Å². The smallest absolute Gasteiger partial charge is 0.334 e. The lowest BCUT2D eigenvalue weighted by atomic mass is 9.97. The number of urea groups is 1. The third-order valence-corrected chi connectivity index (χ3v) is 4.00. The number of nitrogens with zero attached hydrogens (tertiary/aromatic N) is 2. The van der Waals surface area contributed by atoms with Gasteiger partial charge in [0.15, 0.2) is 0 Å². The number of rotatable bonds is 7. The molecule has 1 N–H and O–H groups in total. The molecule has 25 heavy (non-hydrogen) atoms. The largest absolute Gasteiger partial charge is 0.348 e. The lowest BCUT2D eigenvalue weighted by Crippen LogP contribution is -2.42. The zero-order chi connectivity index (χ0) is 18.6. The number of nitrogens with one attached hydrogen (secondary N) is 1. The highest BCUT2D eigenvalue weighted by Gasteiger charge is 2.44. The molecule has 0 aliphatic carbocycles. The third kappa shape index (κ3) is 4.23. The quantitative estimate of drug-likeness (QED) is 0.602. The number of amides is 5. The van der Waals surface area contributed by atoms with Crippen LogP contribution < -0.4 is 5.32 Å². The molecule has 134 valence electrons. The third-order valence-electron chi connectivity index (χ3n) is 4.00. The predicted octanol–water partition coefficient (Wildman–Crippen LogP) is 1.70. The van der Waals surface area contributed by atoms with Gasteiger partial charge in [0, 0.05) is 6.54 Å². The molecule has 1 aliphatic rings. The van der Waals surface area contributed by atoms with Crippen molar-refractivity contribution in [2.75, 3.05) is 13.1 Å². The molecule has 1 aromatic carbocycles. The summed E-state index contributed by atoms with van der Waals surface area (Å²) < 4.78 is 0. The lowest BCUT2D eigenvalue weighted by molar-refractivity contribution is -0.144. The molecule has 0 saturated carbocycles. The minimum atomic E-state index is -0.956. The molecule has 1 aromatic rings. The number of imide groups is 2. The first-order valence-electron chi connectivity index (χ1n) is 8.36. The predicted molar refractivity (Wildman–Crippen MR) is 91.3 cm³/mol. The van der Waals surface area contributed by atoms with Crippen molar-refractivity contribution >= 4 is 23.8 Å². The summed E-state index contributed by atoms with van der Waals surface area (Å²) in [6.45, 7) is 5.34. The summed E-state index contributed by atoms with van der Waals surface area (Å²) in [4.78, 5) is 49.5. The average molecular weight is 345 g/mol. The maximum Gasteiger partial charge on any atom is 0.334 e. The van der Waals surface area contributed by atoms with Gasteiger partial charge in [0.25, 0.3) is 0 Å². The van der Waals surface area contributed by atoms with Crippen LogP contribution >= 0.6 is 0 Å². The van der Waals surface area contributed by atoms with E-state index in [-0.39, 0.29) is 12.6 Å². The molecule has 1 atom stereocenters. The normalized spacial score (nSPS) is 15.9. The molecule has 0 spiro atoms. The molecule has 1 aliphatic heterocycles. The van der Waals surface area contributed by atoms with Gasteiger partial charge in [-0.05, 0) is 24.8 Å². The highest BCUT2D eigenvalue weighted by Crippen LogP contribution is 2.21. The summed E-state index contributed by atoms with van der Waals surface area (Å²) in [6, 6.07) is 8.54. The van der Waals surface area contributed by atoms with Crippen LogP contribution in [0.3, 0.4) is 0 Å². The Morgan fingerprint density at radius 1 is 1.04 bits per heavy atom. The molecular weight excluding hydrogens is 322 g/mol. The number of likely N-dealkylation sites (N-methyl/N-ethyl adjacent to an activating group) is 1. The standard InChI is InChI=1S/C18H23N3O4/c1-4-20-16(23)17(24)21(18(20)25)11-15(22)19-14(10-12(2)3)13-8-6-5-7-9-13/h5-9,12,14H,4,10-11H2,1-3H3,(H,19,22)/t14-/m1/s1. The number of carbonyl (C=O) groups is 4. The second kappa shape index (κ2) is 7.92. The van der Waals surface area contributed by atoms with E-state index in [1.54, 1.807) is 6.92 Å². The van der Waals surface area contributed by atoms with E-state index in [9.17, 15) is 19.2 Å². The lowest BCUT2D eigenvalue weighted by Gasteiger charge is -2.22. The van der Waals surface area contributed by atoms with Gasteiger partial charge in [-0.3, -0.25) is 19.3 Å². The molecule has 2 rings (SSSR count). The summed E-state index contributed by atoms with van der Waals surface area (Å²) in [5.41, 5.74) is 0.954. The highest BCUT2D eigenvalue weighted by atomic mass is 16.2. The van der Waals surface area contributed by atoms with Crippen molar-refractivity contribution in [1.82, 2.24) is 15.1 Å². The molecule has 0 radical (unpaired) electrons. The fraction of sp³-hybridized carbons (Fsp3) is 0.444. The van der Waals surface area contributed by atoms with Gasteiger partial charge in [-0.1, -0.05) is 44.2 Å². The summed E-state index contributed by atoms with van der Waals surface area (Å²) in [7, 11) is 0. The zero-order valence-corrected chi connectivity index (χ0v) is 14.7. The van der Waals surface area contributed by atoms with E-state index in [1.165, 1.54) is 0 Å². The van der Waals surface area contributed by atoms with Crippen LogP contribution in [0.15, 0.2) is 30.3 Å². The Bertz CT molecular complexity index is 672. The van der Waals surface area contributed by atoms with Crippen LogP contribution in [0.4, 0.5) is 4.79 Å². The number of hydrogen-bond acceptors (Lipinski definition) is 4. The van der Waals surface area contributed by atoms with Crippen LogP contribution in [-0.2, 0) is 14.4 Å². The molecule has 7 heteroatoms. The van der Waals surface area contributed by atoms with Gasteiger partial charge in [-0.15, -0.1) is 0 Å². The van der Waals surface area contributed by atoms with E-state index in [0.717, 1.165) is 16.9 Å². The first-order chi connectivity index (χ1) is 11.8. The number of hydrogen-bond donors (Lipinski definition) is 1. The molecule has 0 bridgehead atoms. The number of carbonyl (C=O) groups excluding carboxylic acids is 4. The molecule has 1 saturated heterocycles. The van der Waals surface area contributed by atoms with Crippen molar-refractivity contribution < 1.29 is 19.2 Å². The Balaban J connectivity index is 2.08. The van der Waals surface area contributed by atoms with Crippen LogP contribution in [0.2, 0.25) is 0 Å². The van der Waals surface area contributed by atoms with Crippen molar-refractivity contribution in [3.63, 3.8) is 0 Å². The Kier molecular flexibility index (Phi) is 5.90. The molecule has 0 unspecified atom stereocenters. The van der Waals surface area contributed by atoms with Gasteiger partial charge in [-0.25, -0.2) is 9.69 Å². The SMILES string of the molecule is CCN1C(=O)C(=O)N(CC(=O)N[C@H](CC(C)C)c2ccccc2)C1=O. The minimum absolute atomic E-state index is 0.0987. The Morgan fingerprint density at radius 3 is 2.16 bits per heavy atom. The molecule has 1 fully saturated rings. The second-order valence-corrected chi connectivity index (χ2v) is 6.38. The minimum Gasteiger partial charge on any atom is -0.348 e. The van der Waals surface area contributed by atoms with Crippen molar-refractivity contribution in [2.24, 2.45) is 5.92 Å². The summed E-state index contributed by atoms with van der Waals surface area (Å²) >= 11 is 0. The molecule has 1 heterocycles. The highest BCUT2D eigenvalue weighted by molar-refractivity contribution is 6.45. The van der Waals surface area contributed by atoms with Gasteiger partial charge in [0.05, 0.1) is 6.04 Å². The van der Waals surface area contributed by atoms with Crippen molar-refractivity contribution in [3.05, 3.63) is 35.9 Å². The van der Waals surface area contributed by atoms with E-state index in [4.69, 9.17) is 0 Å². The zero-order valence-electron chi connectivity index (χ0n) is 14.7. The monoisotopic (exact) mass is 345 g/mol. The van der Waals surface area contributed by atoms with E-state index >= 15 is 0 Å². The average Bonchev–Trinajstić information content (AvgIpc) is 2.78. The second-order valence-electron chi connectivity index (χ2n) is 6.38. The topological polar surface area (TPSA) is 86.8 Å². The van der Waals surface area contributed by atoms with E-state index in [1.807, 2.05) is 44.2 Å². The Morgan fingerprint density at radius 2 is 1.64 bits per heavy atom. The van der Waals surface area contributed by atoms with E-state index < -0.39 is 30.3 Å². The Labute approximate surface area is 147 Å². The van der Waals surface area contributed by atoms with Gasteiger partial charge in [0.1, 0.15) is 6.54 Å². The fourth-order valence-electron chi connectivity index (χ4n) is 2.79. The van der Waals surface area contributed by atoms with Gasteiger partial charge < -0.3 is 5.32 Å². The first-order valence-corrected chi connectivity index (χ1v) is 8.36. The summed E-state index contributed by atoms with van der Waals surface area (Å²) in [5.74, 6) is -1.97. The Hall–Kier alpha value is -2.70. The fourth-order valence-corrected chi connectivity index (χ4v) is 2.79. The maximum absolute atomic E-state index is 12.4. The maximum atomic E-state index is 12.4. The van der Waals surface area contributed by atoms with Crippen LogP contribution in [0.1, 0.15) is 38.8 Å². The first kappa shape index (κ1) is 18.6. The van der Waals surface area contributed by atoms with Gasteiger partial charge in [-0.2, -0.15) is 0 Å². The van der Waals surface area contributed by atoms with Gasteiger partial charge >= 0.3 is 17.8 Å². The van der Waals surface area contributed by atoms with Crippen LogP contribution in [-0.4, -0.2) is 46.6 Å².